The first kappa shape index (κ1) is 21.2. The molecule has 2 aliphatic rings. The van der Waals surface area contributed by atoms with Gasteiger partial charge in [0.15, 0.2) is 10.6 Å². The van der Waals surface area contributed by atoms with Crippen LogP contribution in [0.4, 0.5) is 5.82 Å². The molecule has 1 saturated carbocycles. The van der Waals surface area contributed by atoms with E-state index in [9.17, 15) is 0 Å². The minimum absolute atomic E-state index is 0.302. The van der Waals surface area contributed by atoms with Gasteiger partial charge in [-0.2, -0.15) is 4.98 Å². The number of nitrogens with zero attached hydrogens (tertiary/aromatic N) is 5. The van der Waals surface area contributed by atoms with E-state index in [-0.39, 0.29) is 0 Å². The van der Waals surface area contributed by atoms with Gasteiger partial charge in [0.25, 0.3) is 0 Å². The van der Waals surface area contributed by atoms with Gasteiger partial charge in [-0.25, -0.2) is 9.97 Å². The topological polar surface area (TPSA) is 57.2 Å². The number of aromatic nitrogens is 3. The third-order valence-corrected chi connectivity index (χ3v) is 7.82. The Hall–Kier alpha value is -1.02. The lowest BCUT2D eigenvalue weighted by atomic mass is 9.90. The van der Waals surface area contributed by atoms with Crippen molar-refractivity contribution < 1.29 is 0 Å². The van der Waals surface area contributed by atoms with E-state index in [4.69, 9.17) is 16.6 Å². The third kappa shape index (κ3) is 5.01. The van der Waals surface area contributed by atoms with Gasteiger partial charge in [-0.1, -0.05) is 18.3 Å². The number of halogens is 1. The molecule has 3 heterocycles. The van der Waals surface area contributed by atoms with Crippen molar-refractivity contribution >= 4 is 39.1 Å². The summed E-state index contributed by atoms with van der Waals surface area (Å²) in [5.41, 5.74) is 0.870. The molecule has 160 valence electrons. The molecule has 6 nitrogen and oxygen atoms in total. The summed E-state index contributed by atoms with van der Waals surface area (Å²) in [6.07, 6.45) is 8.39. The van der Waals surface area contributed by atoms with Gasteiger partial charge in [-0.05, 0) is 83.6 Å². The molecule has 29 heavy (non-hydrogen) atoms. The van der Waals surface area contributed by atoms with E-state index in [0.717, 1.165) is 40.4 Å². The molecule has 2 aromatic heterocycles. The van der Waals surface area contributed by atoms with Crippen LogP contribution in [0.3, 0.4) is 0 Å². The molecule has 0 amide bonds. The lowest BCUT2D eigenvalue weighted by Crippen LogP contribution is -2.45. The minimum atomic E-state index is 0.302. The van der Waals surface area contributed by atoms with Crippen LogP contribution in [0, 0.1) is 0 Å². The van der Waals surface area contributed by atoms with E-state index < -0.39 is 0 Å². The van der Waals surface area contributed by atoms with Crippen LogP contribution in [-0.2, 0) is 6.42 Å². The Morgan fingerprint density at radius 2 is 1.90 bits per heavy atom. The van der Waals surface area contributed by atoms with Gasteiger partial charge in [0, 0.05) is 24.7 Å². The Labute approximate surface area is 183 Å². The Kier molecular flexibility index (Phi) is 6.89. The molecule has 1 N–H and O–H groups in total. The number of nitrogens with one attached hydrogen (secondary N) is 1. The maximum atomic E-state index is 6.17. The largest absolute Gasteiger partial charge is 0.365 e. The van der Waals surface area contributed by atoms with Crippen LogP contribution < -0.4 is 5.32 Å². The average Bonchev–Trinajstić information content (AvgIpc) is 3.38. The number of hydrogen-bond acceptors (Lipinski definition) is 7. The van der Waals surface area contributed by atoms with Crippen LogP contribution in [0.1, 0.15) is 57.4 Å². The van der Waals surface area contributed by atoms with E-state index in [0.29, 0.717) is 23.4 Å². The Morgan fingerprint density at radius 3 is 2.59 bits per heavy atom. The highest BCUT2D eigenvalue weighted by Gasteiger charge is 2.27. The molecule has 1 aliphatic heterocycles. The van der Waals surface area contributed by atoms with Crippen molar-refractivity contribution in [2.45, 2.75) is 76.9 Å². The predicted molar refractivity (Wildman–Crippen MR) is 122 cm³/mol. The second-order valence-electron chi connectivity index (χ2n) is 8.64. The molecular weight excluding hydrogens is 404 g/mol. The summed E-state index contributed by atoms with van der Waals surface area (Å²) in [6, 6.07) is 1.77. The predicted octanol–water partition coefficient (Wildman–Crippen LogP) is 4.44. The van der Waals surface area contributed by atoms with Crippen molar-refractivity contribution in [3.8, 4) is 0 Å². The molecule has 0 spiro atoms. The van der Waals surface area contributed by atoms with Crippen molar-refractivity contribution in [2.75, 3.05) is 32.0 Å². The van der Waals surface area contributed by atoms with E-state index in [2.05, 4.69) is 46.0 Å². The van der Waals surface area contributed by atoms with Crippen LogP contribution in [-0.4, -0.2) is 69.6 Å². The molecule has 2 aromatic rings. The van der Waals surface area contributed by atoms with E-state index >= 15 is 0 Å². The van der Waals surface area contributed by atoms with Gasteiger partial charge in [0.05, 0.1) is 5.01 Å². The summed E-state index contributed by atoms with van der Waals surface area (Å²) in [5.74, 6) is 0.801. The molecule has 0 radical (unpaired) electrons. The van der Waals surface area contributed by atoms with Crippen molar-refractivity contribution in [1.82, 2.24) is 24.8 Å². The van der Waals surface area contributed by atoms with Crippen molar-refractivity contribution in [1.29, 1.82) is 0 Å². The van der Waals surface area contributed by atoms with Crippen LogP contribution in [0.5, 0.6) is 0 Å². The SMILES string of the molecule is CCc1nc2c(NC3CCC(N(C)CC(C)N4CCCC4)CC3)nc(Cl)nc2s1. The van der Waals surface area contributed by atoms with Crippen LogP contribution in [0.25, 0.3) is 10.3 Å². The Morgan fingerprint density at radius 1 is 1.17 bits per heavy atom. The fourth-order valence-electron chi connectivity index (χ4n) is 4.81. The molecule has 2 fully saturated rings. The van der Waals surface area contributed by atoms with Crippen LogP contribution in [0.15, 0.2) is 0 Å². The summed E-state index contributed by atoms with van der Waals surface area (Å²) < 4.78 is 0. The number of rotatable bonds is 7. The quantitative estimate of drug-likeness (QED) is 0.647. The van der Waals surface area contributed by atoms with Gasteiger partial charge in [-0.15, -0.1) is 0 Å². The molecule has 1 aliphatic carbocycles. The molecule has 1 atom stereocenters. The second kappa shape index (κ2) is 9.41. The summed E-state index contributed by atoms with van der Waals surface area (Å²) in [4.78, 5) is 19.6. The molecule has 8 heteroatoms. The fraction of sp³-hybridized carbons (Fsp3) is 0.762. The fourth-order valence-corrected chi connectivity index (χ4v) is 5.90. The standard InChI is InChI=1S/C21H33ClN6S/c1-4-17-24-18-19(25-21(22)26-20(18)29-17)23-15-7-9-16(10-8-15)27(3)13-14(2)28-11-5-6-12-28/h14-16H,4-13H2,1-3H3,(H,23,25,26). The lowest BCUT2D eigenvalue weighted by Gasteiger charge is -2.37. The highest BCUT2D eigenvalue weighted by atomic mass is 35.5. The zero-order chi connectivity index (χ0) is 20.4. The van der Waals surface area contributed by atoms with Crippen molar-refractivity contribution in [3.05, 3.63) is 10.3 Å². The lowest BCUT2D eigenvalue weighted by molar-refractivity contribution is 0.133. The minimum Gasteiger partial charge on any atom is -0.365 e. The number of likely N-dealkylation sites (tertiary alicyclic amines) is 1. The van der Waals surface area contributed by atoms with Gasteiger partial charge in [0.2, 0.25) is 5.28 Å². The highest BCUT2D eigenvalue weighted by molar-refractivity contribution is 7.18. The smallest absolute Gasteiger partial charge is 0.225 e. The number of thiazole rings is 1. The molecule has 0 aromatic carbocycles. The zero-order valence-corrected chi connectivity index (χ0v) is 19.4. The number of fused-ring (bicyclic) bond motifs is 1. The Bertz CT molecular complexity index is 813. The first-order valence-corrected chi connectivity index (χ1v) is 12.3. The summed E-state index contributed by atoms with van der Waals surface area (Å²) >= 11 is 7.78. The van der Waals surface area contributed by atoms with E-state index in [1.807, 2.05) is 0 Å². The highest BCUT2D eigenvalue weighted by Crippen LogP contribution is 2.30. The number of likely N-dealkylation sites (N-methyl/N-ethyl adjacent to an activating group) is 1. The van der Waals surface area contributed by atoms with Crippen molar-refractivity contribution in [2.24, 2.45) is 0 Å². The number of aryl methyl sites for hydroxylation is 1. The van der Waals surface area contributed by atoms with Crippen LogP contribution >= 0.6 is 22.9 Å². The van der Waals surface area contributed by atoms with E-state index in [1.54, 1.807) is 11.3 Å². The van der Waals surface area contributed by atoms with E-state index in [1.165, 1.54) is 45.3 Å². The first-order valence-electron chi connectivity index (χ1n) is 11.1. The third-order valence-electron chi connectivity index (χ3n) is 6.56. The molecule has 1 saturated heterocycles. The molecule has 0 bridgehead atoms. The monoisotopic (exact) mass is 436 g/mol. The van der Waals surface area contributed by atoms with Crippen LogP contribution in [0.2, 0.25) is 5.28 Å². The van der Waals surface area contributed by atoms with Gasteiger partial charge in [0.1, 0.15) is 5.52 Å². The normalized spacial score (nSPS) is 24.4. The average molecular weight is 437 g/mol. The zero-order valence-electron chi connectivity index (χ0n) is 17.8. The van der Waals surface area contributed by atoms with Gasteiger partial charge >= 0.3 is 0 Å². The maximum Gasteiger partial charge on any atom is 0.225 e. The van der Waals surface area contributed by atoms with Gasteiger partial charge in [-0.3, -0.25) is 4.90 Å². The van der Waals surface area contributed by atoms with Gasteiger partial charge < -0.3 is 10.2 Å². The summed E-state index contributed by atoms with van der Waals surface area (Å²) in [5, 5.41) is 5.01. The molecule has 1 unspecified atom stereocenters. The molecular formula is C21H33ClN6S. The number of hydrogen-bond donors (Lipinski definition) is 1. The number of anilines is 1. The van der Waals surface area contributed by atoms with Crippen molar-refractivity contribution in [3.63, 3.8) is 0 Å². The first-order chi connectivity index (χ1) is 14.0. The summed E-state index contributed by atoms with van der Waals surface area (Å²) in [7, 11) is 2.31. The summed E-state index contributed by atoms with van der Waals surface area (Å²) in [6.45, 7) is 8.22. The second-order valence-corrected chi connectivity index (χ2v) is 10.0. The Balaban J connectivity index is 1.33. The maximum absolute atomic E-state index is 6.17. The molecule has 4 rings (SSSR count).